The van der Waals surface area contributed by atoms with E-state index in [4.69, 9.17) is 11.6 Å². The molecule has 1 aromatic carbocycles. The van der Waals surface area contributed by atoms with Gasteiger partial charge >= 0.3 is 0 Å². The van der Waals surface area contributed by atoms with Crippen molar-refractivity contribution in [1.82, 2.24) is 5.32 Å². The van der Waals surface area contributed by atoms with Gasteiger partial charge in [0, 0.05) is 18.5 Å². The average Bonchev–Trinajstić information content (AvgIpc) is 2.28. The van der Waals surface area contributed by atoms with Gasteiger partial charge in [0.2, 0.25) is 0 Å². The third kappa shape index (κ3) is 3.76. The van der Waals surface area contributed by atoms with Crippen molar-refractivity contribution in [2.75, 3.05) is 5.88 Å². The fourth-order valence-corrected chi connectivity index (χ4v) is 1.70. The summed E-state index contributed by atoms with van der Waals surface area (Å²) in [4.78, 5) is 0. The summed E-state index contributed by atoms with van der Waals surface area (Å²) < 4.78 is 13.0. The minimum Gasteiger partial charge on any atom is -0.310 e. The topological polar surface area (TPSA) is 12.0 Å². The first-order valence-electron chi connectivity index (χ1n) is 5.59. The van der Waals surface area contributed by atoms with Gasteiger partial charge in [-0.1, -0.05) is 13.0 Å². The summed E-state index contributed by atoms with van der Waals surface area (Å²) >= 11 is 5.79. The largest absolute Gasteiger partial charge is 0.310 e. The Morgan fingerprint density at radius 2 is 2.06 bits per heavy atom. The van der Waals surface area contributed by atoms with Crippen LogP contribution >= 0.6 is 11.6 Å². The lowest BCUT2D eigenvalue weighted by Crippen LogP contribution is -2.32. The normalized spacial score (nSPS) is 14.8. The van der Waals surface area contributed by atoms with Gasteiger partial charge in [0.05, 0.1) is 0 Å². The SMILES string of the molecule is Cc1ccc(F)cc1CNC(C)C(C)CCl. The molecule has 0 bridgehead atoms. The van der Waals surface area contributed by atoms with Crippen molar-refractivity contribution in [2.24, 2.45) is 5.92 Å². The van der Waals surface area contributed by atoms with Crippen LogP contribution in [0.15, 0.2) is 18.2 Å². The van der Waals surface area contributed by atoms with Gasteiger partial charge in [0.15, 0.2) is 0 Å². The number of nitrogens with one attached hydrogen (secondary N) is 1. The minimum atomic E-state index is -0.180. The number of benzene rings is 1. The van der Waals surface area contributed by atoms with Crippen molar-refractivity contribution < 1.29 is 4.39 Å². The number of halogens is 2. The number of alkyl halides is 1. The van der Waals surface area contributed by atoms with E-state index in [-0.39, 0.29) is 5.82 Å². The maximum Gasteiger partial charge on any atom is 0.123 e. The van der Waals surface area contributed by atoms with Crippen LogP contribution in [0.5, 0.6) is 0 Å². The van der Waals surface area contributed by atoms with E-state index >= 15 is 0 Å². The third-order valence-corrected chi connectivity index (χ3v) is 3.51. The smallest absolute Gasteiger partial charge is 0.123 e. The molecular weight excluding hydrogens is 225 g/mol. The molecule has 1 rings (SSSR count). The van der Waals surface area contributed by atoms with Crippen LogP contribution in [0.25, 0.3) is 0 Å². The Bertz CT molecular complexity index is 341. The summed E-state index contributed by atoms with van der Waals surface area (Å²) in [6, 6.07) is 5.21. The first-order chi connectivity index (χ1) is 7.54. The number of hydrogen-bond acceptors (Lipinski definition) is 1. The molecule has 3 heteroatoms. The van der Waals surface area contributed by atoms with Crippen LogP contribution < -0.4 is 5.32 Å². The maximum absolute atomic E-state index is 13.0. The number of hydrogen-bond donors (Lipinski definition) is 1. The van der Waals surface area contributed by atoms with Crippen LogP contribution in [0.4, 0.5) is 4.39 Å². The van der Waals surface area contributed by atoms with Crippen molar-refractivity contribution >= 4 is 11.6 Å². The molecule has 0 radical (unpaired) electrons. The van der Waals surface area contributed by atoms with Gasteiger partial charge in [-0.25, -0.2) is 4.39 Å². The zero-order valence-corrected chi connectivity index (χ0v) is 10.8. The van der Waals surface area contributed by atoms with Crippen LogP contribution in [-0.2, 0) is 6.54 Å². The molecule has 1 N–H and O–H groups in total. The second-order valence-corrected chi connectivity index (χ2v) is 4.68. The molecule has 2 atom stereocenters. The van der Waals surface area contributed by atoms with Gasteiger partial charge in [0.25, 0.3) is 0 Å². The molecule has 0 heterocycles. The van der Waals surface area contributed by atoms with Gasteiger partial charge in [-0.05, 0) is 43.0 Å². The van der Waals surface area contributed by atoms with E-state index < -0.39 is 0 Å². The van der Waals surface area contributed by atoms with E-state index in [2.05, 4.69) is 19.2 Å². The van der Waals surface area contributed by atoms with Crippen molar-refractivity contribution in [2.45, 2.75) is 33.4 Å². The fraction of sp³-hybridized carbons (Fsp3) is 0.538. The number of rotatable bonds is 5. The van der Waals surface area contributed by atoms with E-state index in [9.17, 15) is 4.39 Å². The summed E-state index contributed by atoms with van der Waals surface area (Å²) in [6.07, 6.45) is 0. The highest BCUT2D eigenvalue weighted by Crippen LogP contribution is 2.11. The molecule has 0 fully saturated rings. The summed E-state index contributed by atoms with van der Waals surface area (Å²) in [5, 5.41) is 3.37. The van der Waals surface area contributed by atoms with Crippen molar-refractivity contribution in [3.8, 4) is 0 Å². The standard InChI is InChI=1S/C13H19ClFN/c1-9-4-5-13(15)6-12(9)8-16-11(3)10(2)7-14/h4-6,10-11,16H,7-8H2,1-3H3. The molecule has 90 valence electrons. The Hall–Kier alpha value is -0.600. The molecule has 0 saturated heterocycles. The zero-order valence-electron chi connectivity index (χ0n) is 10.1. The van der Waals surface area contributed by atoms with Gasteiger partial charge < -0.3 is 5.32 Å². The first kappa shape index (κ1) is 13.5. The van der Waals surface area contributed by atoms with E-state index in [0.717, 1.165) is 11.1 Å². The lowest BCUT2D eigenvalue weighted by molar-refractivity contribution is 0.429. The quantitative estimate of drug-likeness (QED) is 0.781. The van der Waals surface area contributed by atoms with E-state index in [1.54, 1.807) is 6.07 Å². The molecule has 0 aromatic heterocycles. The Kier molecular flexibility index (Phi) is 5.23. The summed E-state index contributed by atoms with van der Waals surface area (Å²) in [7, 11) is 0. The highest BCUT2D eigenvalue weighted by Gasteiger charge is 2.10. The molecular formula is C13H19ClFN. The summed E-state index contributed by atoms with van der Waals surface area (Å²) in [5.41, 5.74) is 2.12. The molecule has 16 heavy (non-hydrogen) atoms. The van der Waals surface area contributed by atoms with Crippen molar-refractivity contribution in [3.63, 3.8) is 0 Å². The van der Waals surface area contributed by atoms with Gasteiger partial charge in [-0.3, -0.25) is 0 Å². The van der Waals surface area contributed by atoms with Crippen LogP contribution in [0.2, 0.25) is 0 Å². The van der Waals surface area contributed by atoms with E-state index in [1.807, 2.05) is 13.0 Å². The Balaban J connectivity index is 2.57. The predicted octanol–water partition coefficient (Wildman–Crippen LogP) is 3.49. The molecule has 2 unspecified atom stereocenters. The van der Waals surface area contributed by atoms with Crippen LogP contribution in [0, 0.1) is 18.7 Å². The van der Waals surface area contributed by atoms with Gasteiger partial charge in [0.1, 0.15) is 5.82 Å². The molecule has 0 aliphatic rings. The molecule has 0 spiro atoms. The Morgan fingerprint density at radius 3 is 2.69 bits per heavy atom. The van der Waals surface area contributed by atoms with Crippen LogP contribution in [0.1, 0.15) is 25.0 Å². The fourth-order valence-electron chi connectivity index (χ4n) is 1.44. The molecule has 0 aliphatic carbocycles. The van der Waals surface area contributed by atoms with Gasteiger partial charge in [-0.2, -0.15) is 0 Å². The van der Waals surface area contributed by atoms with Crippen molar-refractivity contribution in [3.05, 3.63) is 35.1 Å². The summed E-state index contributed by atoms with van der Waals surface area (Å²) in [5.74, 6) is 0.868. The van der Waals surface area contributed by atoms with E-state index in [0.29, 0.717) is 24.4 Å². The van der Waals surface area contributed by atoms with E-state index in [1.165, 1.54) is 6.07 Å². The molecule has 0 aliphatic heterocycles. The Labute approximate surface area is 102 Å². The number of aryl methyl sites for hydroxylation is 1. The highest BCUT2D eigenvalue weighted by atomic mass is 35.5. The highest BCUT2D eigenvalue weighted by molar-refractivity contribution is 6.18. The summed E-state index contributed by atoms with van der Waals surface area (Å²) in [6.45, 7) is 6.88. The lowest BCUT2D eigenvalue weighted by atomic mass is 10.0. The first-order valence-corrected chi connectivity index (χ1v) is 6.12. The monoisotopic (exact) mass is 243 g/mol. The second-order valence-electron chi connectivity index (χ2n) is 4.37. The Morgan fingerprint density at radius 1 is 1.38 bits per heavy atom. The molecule has 0 saturated carbocycles. The maximum atomic E-state index is 13.0. The lowest BCUT2D eigenvalue weighted by Gasteiger charge is -2.19. The molecule has 1 nitrogen and oxygen atoms in total. The second kappa shape index (κ2) is 6.21. The predicted molar refractivity (Wildman–Crippen MR) is 67.3 cm³/mol. The average molecular weight is 244 g/mol. The van der Waals surface area contributed by atoms with Crippen LogP contribution in [0.3, 0.4) is 0 Å². The van der Waals surface area contributed by atoms with Gasteiger partial charge in [-0.15, -0.1) is 11.6 Å². The third-order valence-electron chi connectivity index (χ3n) is 3.02. The van der Waals surface area contributed by atoms with Crippen LogP contribution in [-0.4, -0.2) is 11.9 Å². The molecule has 0 amide bonds. The minimum absolute atomic E-state index is 0.180. The van der Waals surface area contributed by atoms with Crippen molar-refractivity contribution in [1.29, 1.82) is 0 Å². The molecule has 1 aromatic rings. The zero-order chi connectivity index (χ0) is 12.1.